The molecule has 0 heterocycles. The van der Waals surface area contributed by atoms with Crippen LogP contribution in [0, 0.1) is 15.5 Å². The smallest absolute Gasteiger partial charge is 0.274 e. The lowest BCUT2D eigenvalue weighted by atomic mass is 9.88. The summed E-state index contributed by atoms with van der Waals surface area (Å²) in [4.78, 5) is 10.2. The fourth-order valence-electron chi connectivity index (χ4n) is 1.34. The third-order valence-corrected chi connectivity index (χ3v) is 2.96. The second-order valence-corrected chi connectivity index (χ2v) is 5.55. The zero-order chi connectivity index (χ0) is 14.5. The predicted molar refractivity (Wildman–Crippen MR) is 77.2 cm³/mol. The maximum atomic E-state index is 10.7. The maximum Gasteiger partial charge on any atom is 0.274 e. The third-order valence-electron chi connectivity index (χ3n) is 2.96. The molecule has 2 N–H and O–H groups in total. The second kappa shape index (κ2) is 6.22. The lowest BCUT2D eigenvalue weighted by Gasteiger charge is -2.29. The van der Waals surface area contributed by atoms with Crippen LogP contribution in [0.1, 0.15) is 27.7 Å². The predicted octanol–water partition coefficient (Wildman–Crippen LogP) is 3.20. The van der Waals surface area contributed by atoms with Gasteiger partial charge in [0.2, 0.25) is 0 Å². The number of hydrogen-bond donors (Lipinski definition) is 2. The standard InChI is InChI=1S/C14H21N3O2/c1-11(14(2,3)4)15-13(10-17(18)19)16-12-8-6-5-7-9-12/h5-11,15-16H,1-4H3. The Kier molecular flexibility index (Phi) is 4.92. The number of anilines is 1. The van der Waals surface area contributed by atoms with Crippen LogP contribution in [0.2, 0.25) is 0 Å². The van der Waals surface area contributed by atoms with Crippen molar-refractivity contribution in [1.82, 2.24) is 5.32 Å². The number of nitrogens with one attached hydrogen (secondary N) is 2. The minimum absolute atomic E-state index is 0.00799. The Morgan fingerprint density at radius 2 is 1.89 bits per heavy atom. The Hall–Kier alpha value is -2.04. The molecule has 0 aliphatic rings. The summed E-state index contributed by atoms with van der Waals surface area (Å²) in [6.45, 7) is 8.24. The molecule has 1 aromatic rings. The fraction of sp³-hybridized carbons (Fsp3) is 0.429. The molecule has 5 heteroatoms. The highest BCUT2D eigenvalue weighted by molar-refractivity contribution is 5.47. The average molecular weight is 263 g/mol. The molecule has 1 rings (SSSR count). The average Bonchev–Trinajstić information content (AvgIpc) is 2.28. The molecule has 0 spiro atoms. The van der Waals surface area contributed by atoms with Crippen LogP contribution in [0.5, 0.6) is 0 Å². The molecule has 1 unspecified atom stereocenters. The van der Waals surface area contributed by atoms with Crippen molar-refractivity contribution in [2.45, 2.75) is 33.7 Å². The van der Waals surface area contributed by atoms with E-state index >= 15 is 0 Å². The molecule has 5 nitrogen and oxygen atoms in total. The van der Waals surface area contributed by atoms with E-state index < -0.39 is 4.92 Å². The number of nitro groups is 1. The van der Waals surface area contributed by atoms with Crippen molar-refractivity contribution in [3.63, 3.8) is 0 Å². The summed E-state index contributed by atoms with van der Waals surface area (Å²) < 4.78 is 0. The first-order chi connectivity index (χ1) is 8.79. The molecule has 0 saturated heterocycles. The van der Waals surface area contributed by atoms with Gasteiger partial charge in [-0.15, -0.1) is 0 Å². The van der Waals surface area contributed by atoms with E-state index in [9.17, 15) is 10.1 Å². The second-order valence-electron chi connectivity index (χ2n) is 5.55. The number of para-hydroxylation sites is 1. The summed E-state index contributed by atoms with van der Waals surface area (Å²) in [5.74, 6) is 0.388. The van der Waals surface area contributed by atoms with Crippen LogP contribution in [0.15, 0.2) is 42.4 Å². The van der Waals surface area contributed by atoms with Crippen LogP contribution in [-0.2, 0) is 0 Å². The van der Waals surface area contributed by atoms with E-state index in [0.29, 0.717) is 5.82 Å². The lowest BCUT2D eigenvalue weighted by Crippen LogP contribution is -2.39. The first-order valence-corrected chi connectivity index (χ1v) is 6.23. The van der Waals surface area contributed by atoms with Crippen LogP contribution >= 0.6 is 0 Å². The molecule has 0 amide bonds. The quantitative estimate of drug-likeness (QED) is 0.632. The van der Waals surface area contributed by atoms with Gasteiger partial charge in [-0.3, -0.25) is 10.1 Å². The van der Waals surface area contributed by atoms with Crippen molar-refractivity contribution in [1.29, 1.82) is 0 Å². The molecule has 1 aromatic carbocycles. The Bertz CT molecular complexity index is 450. The minimum atomic E-state index is -0.465. The topological polar surface area (TPSA) is 67.2 Å². The van der Waals surface area contributed by atoms with Crippen molar-refractivity contribution >= 4 is 5.69 Å². The fourth-order valence-corrected chi connectivity index (χ4v) is 1.34. The third kappa shape index (κ3) is 5.42. The van der Waals surface area contributed by atoms with Gasteiger partial charge < -0.3 is 10.6 Å². The van der Waals surface area contributed by atoms with Gasteiger partial charge in [0.05, 0.1) is 4.92 Å². The van der Waals surface area contributed by atoms with Gasteiger partial charge in [-0.2, -0.15) is 0 Å². The van der Waals surface area contributed by atoms with Crippen molar-refractivity contribution < 1.29 is 4.92 Å². The molecule has 0 radical (unpaired) electrons. The molecule has 0 bridgehead atoms. The number of hydrogen-bond acceptors (Lipinski definition) is 4. The largest absolute Gasteiger partial charge is 0.363 e. The molecular formula is C14H21N3O2. The van der Waals surface area contributed by atoms with Gasteiger partial charge in [-0.1, -0.05) is 39.0 Å². The first kappa shape index (κ1) is 15.0. The summed E-state index contributed by atoms with van der Waals surface area (Å²) >= 11 is 0. The Morgan fingerprint density at radius 3 is 2.37 bits per heavy atom. The van der Waals surface area contributed by atoms with E-state index in [1.54, 1.807) is 0 Å². The monoisotopic (exact) mass is 263 g/mol. The van der Waals surface area contributed by atoms with Crippen LogP contribution < -0.4 is 10.6 Å². The van der Waals surface area contributed by atoms with Gasteiger partial charge in [0.25, 0.3) is 6.20 Å². The van der Waals surface area contributed by atoms with E-state index in [1.165, 1.54) is 0 Å². The van der Waals surface area contributed by atoms with Crippen molar-refractivity contribution in [3.05, 3.63) is 52.5 Å². The van der Waals surface area contributed by atoms with Gasteiger partial charge in [-0.25, -0.2) is 0 Å². The van der Waals surface area contributed by atoms with E-state index in [4.69, 9.17) is 0 Å². The van der Waals surface area contributed by atoms with Crippen LogP contribution in [0.4, 0.5) is 5.69 Å². The minimum Gasteiger partial charge on any atom is -0.363 e. The first-order valence-electron chi connectivity index (χ1n) is 6.23. The normalized spacial score (nSPS) is 13.8. The molecule has 1 atom stereocenters. The molecule has 0 saturated carbocycles. The highest BCUT2D eigenvalue weighted by Gasteiger charge is 2.21. The van der Waals surface area contributed by atoms with E-state index in [0.717, 1.165) is 11.9 Å². The molecule has 0 aliphatic carbocycles. The van der Waals surface area contributed by atoms with Crippen molar-refractivity contribution in [2.75, 3.05) is 5.32 Å². The van der Waals surface area contributed by atoms with Crippen LogP contribution in [0.3, 0.4) is 0 Å². The summed E-state index contributed by atoms with van der Waals surface area (Å²) in [6.07, 6.45) is 0.954. The number of nitrogens with zero attached hydrogens (tertiary/aromatic N) is 1. The lowest BCUT2D eigenvalue weighted by molar-refractivity contribution is -0.403. The Morgan fingerprint density at radius 1 is 1.32 bits per heavy atom. The summed E-state index contributed by atoms with van der Waals surface area (Å²) in [5.41, 5.74) is 0.817. The molecular weight excluding hydrogens is 242 g/mol. The maximum absolute atomic E-state index is 10.7. The highest BCUT2D eigenvalue weighted by Crippen LogP contribution is 2.20. The number of rotatable bonds is 5. The zero-order valence-corrected chi connectivity index (χ0v) is 11.8. The SMILES string of the molecule is CC(NC(=C[N+](=O)[O-])Nc1ccccc1)C(C)(C)C. The van der Waals surface area contributed by atoms with Crippen molar-refractivity contribution in [3.8, 4) is 0 Å². The van der Waals surface area contributed by atoms with E-state index in [-0.39, 0.29) is 11.5 Å². The summed E-state index contributed by atoms with van der Waals surface area (Å²) in [6, 6.07) is 9.45. The molecule has 19 heavy (non-hydrogen) atoms. The Balaban J connectivity index is 2.82. The van der Waals surface area contributed by atoms with Gasteiger partial charge >= 0.3 is 0 Å². The van der Waals surface area contributed by atoms with E-state index in [1.807, 2.05) is 37.3 Å². The summed E-state index contributed by atoms with van der Waals surface area (Å²) in [7, 11) is 0. The number of benzene rings is 1. The Labute approximate surface area is 113 Å². The molecule has 0 aliphatic heterocycles. The highest BCUT2D eigenvalue weighted by atomic mass is 16.6. The van der Waals surface area contributed by atoms with E-state index in [2.05, 4.69) is 31.4 Å². The molecule has 0 fully saturated rings. The van der Waals surface area contributed by atoms with Crippen LogP contribution in [-0.4, -0.2) is 11.0 Å². The zero-order valence-electron chi connectivity index (χ0n) is 11.8. The van der Waals surface area contributed by atoms with Gasteiger partial charge in [0, 0.05) is 11.7 Å². The van der Waals surface area contributed by atoms with Crippen LogP contribution in [0.25, 0.3) is 0 Å². The van der Waals surface area contributed by atoms with Gasteiger partial charge in [0.15, 0.2) is 5.82 Å². The van der Waals surface area contributed by atoms with Gasteiger partial charge in [0.1, 0.15) is 0 Å². The van der Waals surface area contributed by atoms with Crippen molar-refractivity contribution in [2.24, 2.45) is 5.41 Å². The molecule has 0 aromatic heterocycles. The van der Waals surface area contributed by atoms with Gasteiger partial charge in [-0.05, 0) is 24.5 Å². The molecule has 104 valence electrons. The summed E-state index contributed by atoms with van der Waals surface area (Å²) in [5, 5.41) is 16.8.